The molecule has 0 bridgehead atoms. The summed E-state index contributed by atoms with van der Waals surface area (Å²) in [6, 6.07) is 13.4. The first kappa shape index (κ1) is 21.5. The quantitative estimate of drug-likeness (QED) is 0.613. The third kappa shape index (κ3) is 3.85. The smallest absolute Gasteiger partial charge is 0.264 e. The highest BCUT2D eigenvalue weighted by molar-refractivity contribution is 7.12. The van der Waals surface area contributed by atoms with Crippen LogP contribution in [0.15, 0.2) is 53.9 Å². The van der Waals surface area contributed by atoms with E-state index in [-0.39, 0.29) is 30.8 Å². The Hall–Kier alpha value is -3.36. The van der Waals surface area contributed by atoms with Gasteiger partial charge in [-0.2, -0.15) is 0 Å². The zero-order chi connectivity index (χ0) is 23.1. The molecule has 3 aromatic rings. The number of fused-ring (bicyclic) bond motifs is 2. The maximum absolute atomic E-state index is 13.5. The minimum Gasteiger partial charge on any atom is -0.496 e. The molecule has 168 valence electrons. The zero-order valence-corrected chi connectivity index (χ0v) is 19.3. The number of amides is 3. The first-order valence-corrected chi connectivity index (χ1v) is 11.6. The van der Waals surface area contributed by atoms with Crippen LogP contribution in [0.3, 0.4) is 0 Å². The van der Waals surface area contributed by atoms with Gasteiger partial charge in [-0.3, -0.25) is 14.4 Å². The van der Waals surface area contributed by atoms with Gasteiger partial charge in [0.05, 0.1) is 29.8 Å². The highest BCUT2D eigenvalue weighted by Gasteiger charge is 2.40. The predicted molar refractivity (Wildman–Crippen MR) is 127 cm³/mol. The molecule has 1 saturated heterocycles. The normalized spacial score (nSPS) is 17.7. The number of nitrogens with zero attached hydrogens (tertiary/aromatic N) is 2. The van der Waals surface area contributed by atoms with Gasteiger partial charge in [-0.25, -0.2) is 0 Å². The van der Waals surface area contributed by atoms with Crippen molar-refractivity contribution in [3.8, 4) is 16.9 Å². The SMILES string of the molecule is COc1ccc(Cl)cc1-c1ccc2c(c1)C(=O)N1CCN(C(=O)c3cccs3)C[C@@H]1C(=O)N2. The molecular weight excluding hydrogens is 462 g/mol. The molecule has 1 N–H and O–H groups in total. The molecule has 2 aromatic carbocycles. The Balaban J connectivity index is 1.47. The molecule has 1 atom stereocenters. The van der Waals surface area contributed by atoms with Crippen LogP contribution >= 0.6 is 22.9 Å². The van der Waals surface area contributed by atoms with E-state index < -0.39 is 6.04 Å². The van der Waals surface area contributed by atoms with Crippen molar-refractivity contribution in [3.05, 3.63) is 69.4 Å². The van der Waals surface area contributed by atoms with Crippen LogP contribution in [0.2, 0.25) is 5.02 Å². The number of nitrogens with one attached hydrogen (secondary N) is 1. The fraction of sp³-hybridized carbons (Fsp3) is 0.208. The van der Waals surface area contributed by atoms with Crippen molar-refractivity contribution in [1.29, 1.82) is 0 Å². The van der Waals surface area contributed by atoms with E-state index in [0.29, 0.717) is 33.4 Å². The van der Waals surface area contributed by atoms with E-state index in [1.54, 1.807) is 53.3 Å². The Kier molecular flexibility index (Phi) is 5.55. The van der Waals surface area contributed by atoms with Gasteiger partial charge in [0, 0.05) is 23.7 Å². The van der Waals surface area contributed by atoms with Gasteiger partial charge in [0.1, 0.15) is 11.8 Å². The third-order valence-corrected chi connectivity index (χ3v) is 7.04. The number of halogens is 1. The Morgan fingerprint density at radius 1 is 1.12 bits per heavy atom. The first-order chi connectivity index (χ1) is 16.0. The van der Waals surface area contributed by atoms with Crippen LogP contribution in [-0.2, 0) is 4.79 Å². The monoisotopic (exact) mass is 481 g/mol. The average Bonchev–Trinajstić information content (AvgIpc) is 3.35. The minimum absolute atomic E-state index is 0.123. The van der Waals surface area contributed by atoms with E-state index in [4.69, 9.17) is 16.3 Å². The van der Waals surface area contributed by atoms with Gasteiger partial charge in [-0.05, 0) is 47.3 Å². The molecule has 2 aliphatic rings. The van der Waals surface area contributed by atoms with Gasteiger partial charge in [-0.15, -0.1) is 11.3 Å². The summed E-state index contributed by atoms with van der Waals surface area (Å²) >= 11 is 7.55. The lowest BCUT2D eigenvalue weighted by Crippen LogP contribution is -2.59. The van der Waals surface area contributed by atoms with Crippen LogP contribution in [0.25, 0.3) is 11.1 Å². The van der Waals surface area contributed by atoms with Crippen molar-refractivity contribution < 1.29 is 19.1 Å². The van der Waals surface area contributed by atoms with E-state index in [2.05, 4.69) is 5.32 Å². The van der Waals surface area contributed by atoms with E-state index >= 15 is 0 Å². The molecule has 2 aliphatic heterocycles. The molecule has 5 rings (SSSR count). The van der Waals surface area contributed by atoms with E-state index in [0.717, 1.165) is 11.1 Å². The highest BCUT2D eigenvalue weighted by Crippen LogP contribution is 2.36. The number of carbonyl (C=O) groups is 3. The predicted octanol–water partition coefficient (Wildman–Crippen LogP) is 4.00. The molecule has 9 heteroatoms. The van der Waals surface area contributed by atoms with Crippen LogP contribution in [0, 0.1) is 0 Å². The first-order valence-electron chi connectivity index (χ1n) is 10.4. The topological polar surface area (TPSA) is 79.0 Å². The number of piperazine rings is 1. The minimum atomic E-state index is -0.758. The van der Waals surface area contributed by atoms with Crippen molar-refractivity contribution in [3.63, 3.8) is 0 Å². The van der Waals surface area contributed by atoms with Crippen LogP contribution in [0.5, 0.6) is 5.75 Å². The number of rotatable bonds is 3. The summed E-state index contributed by atoms with van der Waals surface area (Å²) in [4.78, 5) is 43.1. The lowest BCUT2D eigenvalue weighted by molar-refractivity contribution is -0.121. The van der Waals surface area contributed by atoms with Crippen LogP contribution < -0.4 is 10.1 Å². The van der Waals surface area contributed by atoms with E-state index in [1.165, 1.54) is 11.3 Å². The number of hydrogen-bond acceptors (Lipinski definition) is 5. The number of hydrogen-bond donors (Lipinski definition) is 1. The number of methoxy groups -OCH3 is 1. The van der Waals surface area contributed by atoms with Crippen molar-refractivity contribution in [1.82, 2.24) is 9.80 Å². The molecular formula is C24H20ClN3O4S. The van der Waals surface area contributed by atoms with Gasteiger partial charge in [0.2, 0.25) is 5.91 Å². The lowest BCUT2D eigenvalue weighted by atomic mass is 10.00. The molecule has 7 nitrogen and oxygen atoms in total. The number of ether oxygens (including phenoxy) is 1. The third-order valence-electron chi connectivity index (χ3n) is 5.94. The molecule has 0 unspecified atom stereocenters. The lowest BCUT2D eigenvalue weighted by Gasteiger charge is -2.39. The van der Waals surface area contributed by atoms with Gasteiger partial charge < -0.3 is 19.9 Å². The second kappa shape index (κ2) is 8.53. The number of thiophene rings is 1. The molecule has 33 heavy (non-hydrogen) atoms. The van der Waals surface area contributed by atoms with Crippen molar-refractivity contribution in [2.75, 3.05) is 32.1 Å². The van der Waals surface area contributed by atoms with Gasteiger partial charge in [-0.1, -0.05) is 23.7 Å². The molecule has 0 spiro atoms. The van der Waals surface area contributed by atoms with Crippen molar-refractivity contribution in [2.45, 2.75) is 6.04 Å². The summed E-state index contributed by atoms with van der Waals surface area (Å²) in [6.07, 6.45) is 0. The Labute approximate surface area is 199 Å². The van der Waals surface area contributed by atoms with Gasteiger partial charge in [0.15, 0.2) is 0 Å². The number of carbonyl (C=O) groups excluding carboxylic acids is 3. The van der Waals surface area contributed by atoms with E-state index in [1.807, 2.05) is 17.5 Å². The number of anilines is 1. The van der Waals surface area contributed by atoms with Crippen LogP contribution in [0.1, 0.15) is 20.0 Å². The van der Waals surface area contributed by atoms with Crippen molar-refractivity contribution >= 4 is 46.3 Å². The summed E-state index contributed by atoms with van der Waals surface area (Å²) in [5.41, 5.74) is 2.34. The second-order valence-electron chi connectivity index (χ2n) is 7.84. The Morgan fingerprint density at radius 3 is 2.73 bits per heavy atom. The summed E-state index contributed by atoms with van der Waals surface area (Å²) in [7, 11) is 1.57. The molecule has 1 fully saturated rings. The van der Waals surface area contributed by atoms with Crippen LogP contribution in [-0.4, -0.2) is 60.3 Å². The maximum Gasteiger partial charge on any atom is 0.264 e. The maximum atomic E-state index is 13.5. The standard InChI is InChI=1S/C24H20ClN3O4S/c1-32-20-7-5-15(25)12-16(20)14-4-6-18-17(11-14)23(30)28-9-8-27(13-19(28)22(29)26-18)24(31)21-3-2-10-33-21/h2-7,10-12,19H,8-9,13H2,1H3,(H,26,29)/t19-/m1/s1. The fourth-order valence-corrected chi connectivity index (χ4v) is 5.13. The summed E-state index contributed by atoms with van der Waals surface area (Å²) in [5.74, 6) is -0.0525. The van der Waals surface area contributed by atoms with Crippen LogP contribution in [0.4, 0.5) is 5.69 Å². The second-order valence-corrected chi connectivity index (χ2v) is 9.22. The van der Waals surface area contributed by atoms with Gasteiger partial charge in [0.25, 0.3) is 11.8 Å². The highest BCUT2D eigenvalue weighted by atomic mass is 35.5. The number of benzene rings is 2. The average molecular weight is 482 g/mol. The molecule has 0 aliphatic carbocycles. The van der Waals surface area contributed by atoms with Crippen molar-refractivity contribution in [2.24, 2.45) is 0 Å². The fourth-order valence-electron chi connectivity index (χ4n) is 4.27. The Morgan fingerprint density at radius 2 is 1.97 bits per heavy atom. The molecule has 3 heterocycles. The summed E-state index contributed by atoms with van der Waals surface area (Å²) < 4.78 is 5.46. The molecule has 0 saturated carbocycles. The summed E-state index contributed by atoms with van der Waals surface area (Å²) in [6.45, 7) is 0.791. The molecule has 1 aromatic heterocycles. The largest absolute Gasteiger partial charge is 0.496 e. The molecule has 0 radical (unpaired) electrons. The van der Waals surface area contributed by atoms with Gasteiger partial charge >= 0.3 is 0 Å². The summed E-state index contributed by atoms with van der Waals surface area (Å²) in [5, 5.41) is 5.26. The molecule has 3 amide bonds. The Bertz CT molecular complexity index is 1260. The zero-order valence-electron chi connectivity index (χ0n) is 17.7. The van der Waals surface area contributed by atoms with E-state index in [9.17, 15) is 14.4 Å².